The Morgan fingerprint density at radius 1 is 1.27 bits per heavy atom. The van der Waals surface area contributed by atoms with Crippen LogP contribution in [0.2, 0.25) is 0 Å². The van der Waals surface area contributed by atoms with E-state index in [2.05, 4.69) is 11.8 Å². The van der Waals surface area contributed by atoms with Crippen LogP contribution in [0.5, 0.6) is 5.75 Å². The van der Waals surface area contributed by atoms with E-state index < -0.39 is 0 Å². The van der Waals surface area contributed by atoms with E-state index in [-0.39, 0.29) is 11.9 Å². The summed E-state index contributed by atoms with van der Waals surface area (Å²) in [5.74, 6) is 0.192. The number of anilines is 1. The predicted molar refractivity (Wildman–Crippen MR) is 83.0 cm³/mol. The zero-order valence-corrected chi connectivity index (χ0v) is 13.2. The Balaban J connectivity index is 1.90. The third-order valence-electron chi connectivity index (χ3n) is 3.74. The number of hydrogen-bond acceptors (Lipinski definition) is 4. The van der Waals surface area contributed by atoms with Crippen molar-refractivity contribution in [3.8, 4) is 5.75 Å². The number of ether oxygens (including phenoxy) is 2. The van der Waals surface area contributed by atoms with Crippen molar-refractivity contribution in [2.45, 2.75) is 19.8 Å². The number of unbranched alkanes of at least 4 members (excludes halogenated alkanes) is 1. The summed E-state index contributed by atoms with van der Waals surface area (Å²) < 4.78 is 23.7. The minimum atomic E-state index is -0.321. The summed E-state index contributed by atoms with van der Waals surface area (Å²) in [5.41, 5.74) is 0.850. The monoisotopic (exact) mass is 310 g/mol. The van der Waals surface area contributed by atoms with E-state index in [1.165, 1.54) is 19.2 Å². The molecule has 1 saturated heterocycles. The highest BCUT2D eigenvalue weighted by molar-refractivity contribution is 5.68. The lowest BCUT2D eigenvalue weighted by atomic mass is 10.2. The van der Waals surface area contributed by atoms with Crippen LogP contribution in [0.1, 0.15) is 19.8 Å². The Kier molecular flexibility index (Phi) is 5.86. The molecule has 6 heteroatoms. The first-order chi connectivity index (χ1) is 10.7. The van der Waals surface area contributed by atoms with Gasteiger partial charge in [-0.25, -0.2) is 9.18 Å². The van der Waals surface area contributed by atoms with Gasteiger partial charge in [0.1, 0.15) is 11.6 Å². The van der Waals surface area contributed by atoms with Crippen LogP contribution in [0.3, 0.4) is 0 Å². The van der Waals surface area contributed by atoms with Crippen LogP contribution < -0.4 is 9.64 Å². The van der Waals surface area contributed by atoms with Gasteiger partial charge >= 0.3 is 6.09 Å². The summed E-state index contributed by atoms with van der Waals surface area (Å²) in [6.45, 7) is 5.05. The molecule has 1 aliphatic heterocycles. The number of nitrogens with zero attached hydrogens (tertiary/aromatic N) is 2. The van der Waals surface area contributed by atoms with E-state index in [9.17, 15) is 9.18 Å². The number of carbonyl (C=O) groups is 1. The molecule has 1 fully saturated rings. The van der Waals surface area contributed by atoms with Crippen molar-refractivity contribution in [1.29, 1.82) is 0 Å². The van der Waals surface area contributed by atoms with Crippen LogP contribution in [0, 0.1) is 5.82 Å². The van der Waals surface area contributed by atoms with Crippen LogP contribution in [0.4, 0.5) is 14.9 Å². The SMILES string of the molecule is CCCCOC(=O)N1CCN(c2ccc(F)cc2OC)CC1. The van der Waals surface area contributed by atoms with Crippen molar-refractivity contribution >= 4 is 11.8 Å². The summed E-state index contributed by atoms with van der Waals surface area (Å²) in [7, 11) is 1.53. The zero-order valence-electron chi connectivity index (χ0n) is 13.2. The van der Waals surface area contributed by atoms with Crippen LogP contribution in [0.25, 0.3) is 0 Å². The lowest BCUT2D eigenvalue weighted by Gasteiger charge is -2.36. The van der Waals surface area contributed by atoms with Gasteiger partial charge in [0.25, 0.3) is 0 Å². The number of methoxy groups -OCH3 is 1. The average molecular weight is 310 g/mol. The molecule has 0 radical (unpaired) electrons. The first kappa shape index (κ1) is 16.4. The van der Waals surface area contributed by atoms with E-state index in [4.69, 9.17) is 9.47 Å². The fraction of sp³-hybridized carbons (Fsp3) is 0.562. The Hall–Kier alpha value is -1.98. The summed E-state index contributed by atoms with van der Waals surface area (Å²) >= 11 is 0. The van der Waals surface area contributed by atoms with Gasteiger partial charge in [-0.2, -0.15) is 0 Å². The largest absolute Gasteiger partial charge is 0.494 e. The van der Waals surface area contributed by atoms with Crippen molar-refractivity contribution in [2.75, 3.05) is 44.8 Å². The summed E-state index contributed by atoms with van der Waals surface area (Å²) in [5, 5.41) is 0. The maximum absolute atomic E-state index is 13.2. The van der Waals surface area contributed by atoms with Crippen LogP contribution in [-0.2, 0) is 4.74 Å². The third-order valence-corrected chi connectivity index (χ3v) is 3.74. The van der Waals surface area contributed by atoms with Crippen LogP contribution in [-0.4, -0.2) is 50.9 Å². The molecule has 1 aromatic rings. The van der Waals surface area contributed by atoms with Crippen molar-refractivity contribution in [3.63, 3.8) is 0 Å². The van der Waals surface area contributed by atoms with Gasteiger partial charge in [-0.05, 0) is 18.6 Å². The fourth-order valence-corrected chi connectivity index (χ4v) is 2.44. The molecule has 1 aliphatic rings. The van der Waals surface area contributed by atoms with Gasteiger partial charge in [0.05, 0.1) is 19.4 Å². The Morgan fingerprint density at radius 3 is 2.64 bits per heavy atom. The first-order valence-corrected chi connectivity index (χ1v) is 7.66. The van der Waals surface area contributed by atoms with Crippen molar-refractivity contribution in [3.05, 3.63) is 24.0 Å². The Labute approximate surface area is 130 Å². The molecule has 1 aromatic carbocycles. The summed E-state index contributed by atoms with van der Waals surface area (Å²) in [6.07, 6.45) is 1.64. The zero-order chi connectivity index (χ0) is 15.9. The summed E-state index contributed by atoms with van der Waals surface area (Å²) in [6, 6.07) is 4.51. The van der Waals surface area contributed by atoms with Crippen molar-refractivity contribution < 1.29 is 18.7 Å². The number of halogens is 1. The smallest absolute Gasteiger partial charge is 0.409 e. The van der Waals surface area contributed by atoms with E-state index in [1.54, 1.807) is 11.0 Å². The van der Waals surface area contributed by atoms with Gasteiger partial charge in [-0.3, -0.25) is 0 Å². The van der Waals surface area contributed by atoms with Gasteiger partial charge < -0.3 is 19.3 Å². The van der Waals surface area contributed by atoms with Crippen LogP contribution in [0.15, 0.2) is 18.2 Å². The lowest BCUT2D eigenvalue weighted by molar-refractivity contribution is 0.0989. The molecule has 0 spiro atoms. The molecule has 0 N–H and O–H groups in total. The molecule has 1 heterocycles. The molecule has 0 aromatic heterocycles. The number of benzene rings is 1. The second-order valence-corrected chi connectivity index (χ2v) is 5.26. The number of hydrogen-bond donors (Lipinski definition) is 0. The second kappa shape index (κ2) is 7.87. The van der Waals surface area contributed by atoms with Gasteiger partial charge in [0.15, 0.2) is 0 Å². The molecule has 122 valence electrons. The normalized spacial score (nSPS) is 14.9. The first-order valence-electron chi connectivity index (χ1n) is 7.66. The minimum Gasteiger partial charge on any atom is -0.494 e. The number of amides is 1. The molecule has 2 rings (SSSR count). The van der Waals surface area contributed by atoms with Crippen molar-refractivity contribution in [2.24, 2.45) is 0 Å². The molecule has 22 heavy (non-hydrogen) atoms. The van der Waals surface area contributed by atoms with Gasteiger partial charge in [-0.1, -0.05) is 13.3 Å². The van der Waals surface area contributed by atoms with Crippen LogP contribution >= 0.6 is 0 Å². The van der Waals surface area contributed by atoms with Gasteiger partial charge in [0.2, 0.25) is 0 Å². The quantitative estimate of drug-likeness (QED) is 0.784. The molecule has 0 aliphatic carbocycles. The van der Waals surface area contributed by atoms with Gasteiger partial charge in [0, 0.05) is 32.2 Å². The standard InChI is InChI=1S/C16H23FN2O3/c1-3-4-11-22-16(20)19-9-7-18(8-10-19)14-6-5-13(17)12-15(14)21-2/h5-6,12H,3-4,7-11H2,1-2H3. The van der Waals surface area contributed by atoms with E-state index in [1.807, 2.05) is 0 Å². The maximum Gasteiger partial charge on any atom is 0.409 e. The number of piperazine rings is 1. The molecule has 0 bridgehead atoms. The van der Waals surface area contributed by atoms with E-state index in [0.717, 1.165) is 18.5 Å². The third kappa shape index (κ3) is 4.02. The highest BCUT2D eigenvalue weighted by Crippen LogP contribution is 2.29. The highest BCUT2D eigenvalue weighted by Gasteiger charge is 2.23. The number of rotatable bonds is 5. The molecule has 5 nitrogen and oxygen atoms in total. The highest BCUT2D eigenvalue weighted by atomic mass is 19.1. The summed E-state index contributed by atoms with van der Waals surface area (Å²) in [4.78, 5) is 15.7. The van der Waals surface area contributed by atoms with E-state index >= 15 is 0 Å². The Morgan fingerprint density at radius 2 is 2.00 bits per heavy atom. The predicted octanol–water partition coefficient (Wildman–Crippen LogP) is 2.89. The fourth-order valence-electron chi connectivity index (χ4n) is 2.44. The molecule has 0 saturated carbocycles. The molecule has 0 atom stereocenters. The molecular weight excluding hydrogens is 287 g/mol. The minimum absolute atomic E-state index is 0.251. The Bertz CT molecular complexity index is 502. The lowest BCUT2D eigenvalue weighted by Crippen LogP contribution is -2.49. The molecule has 0 unspecified atom stereocenters. The van der Waals surface area contributed by atoms with Gasteiger partial charge in [-0.15, -0.1) is 0 Å². The maximum atomic E-state index is 13.2. The topological polar surface area (TPSA) is 42.0 Å². The second-order valence-electron chi connectivity index (χ2n) is 5.26. The molecular formula is C16H23FN2O3. The number of carbonyl (C=O) groups excluding carboxylic acids is 1. The average Bonchev–Trinajstić information content (AvgIpc) is 2.55. The van der Waals surface area contributed by atoms with Crippen molar-refractivity contribution in [1.82, 2.24) is 4.90 Å². The van der Waals surface area contributed by atoms with E-state index in [0.29, 0.717) is 38.5 Å². The molecule has 1 amide bonds.